The fourth-order valence-corrected chi connectivity index (χ4v) is 1.31. The van der Waals surface area contributed by atoms with Crippen molar-refractivity contribution in [3.05, 3.63) is 33.4 Å². The largest absolute Gasteiger partial charge is 0.502 e. The molecule has 1 N–H and O–H groups in total. The summed E-state index contributed by atoms with van der Waals surface area (Å²) < 4.78 is 0. The lowest BCUT2D eigenvalue weighted by atomic mass is 10.0. The van der Waals surface area contributed by atoms with Gasteiger partial charge in [0.15, 0.2) is 11.5 Å². The molecule has 0 spiro atoms. The van der Waals surface area contributed by atoms with Crippen molar-refractivity contribution in [3.8, 4) is 5.75 Å². The van der Waals surface area contributed by atoms with Crippen molar-refractivity contribution < 1.29 is 14.8 Å². The van der Waals surface area contributed by atoms with Gasteiger partial charge in [0, 0.05) is 0 Å². The van der Waals surface area contributed by atoms with Gasteiger partial charge in [-0.2, -0.15) is 0 Å². The van der Waals surface area contributed by atoms with Crippen LogP contribution in [-0.2, 0) is 0 Å². The highest BCUT2D eigenvalue weighted by atomic mass is 16.6. The van der Waals surface area contributed by atoms with E-state index in [1.54, 1.807) is 6.92 Å². The first kappa shape index (κ1) is 10.2. The molecule has 0 aliphatic rings. The molecule has 0 unspecified atom stereocenters. The fraction of sp³-hybridized carbons (Fsp3) is 0.222. The van der Waals surface area contributed by atoms with E-state index in [-0.39, 0.29) is 5.56 Å². The second-order valence-corrected chi connectivity index (χ2v) is 2.94. The number of ketones is 1. The van der Waals surface area contributed by atoms with Crippen LogP contribution in [0.5, 0.6) is 5.75 Å². The predicted octanol–water partition coefficient (Wildman–Crippen LogP) is 1.81. The van der Waals surface area contributed by atoms with Crippen LogP contribution in [0.2, 0.25) is 0 Å². The Morgan fingerprint density at radius 3 is 2.43 bits per heavy atom. The van der Waals surface area contributed by atoms with Crippen molar-refractivity contribution in [2.75, 3.05) is 0 Å². The first-order chi connectivity index (χ1) is 6.45. The molecule has 0 aromatic heterocycles. The lowest BCUT2D eigenvalue weighted by molar-refractivity contribution is -0.386. The molecule has 0 saturated heterocycles. The van der Waals surface area contributed by atoms with Crippen LogP contribution in [0.1, 0.15) is 22.8 Å². The Morgan fingerprint density at radius 1 is 1.50 bits per heavy atom. The topological polar surface area (TPSA) is 80.4 Å². The molecule has 0 aliphatic heterocycles. The molecule has 1 aromatic carbocycles. The molecule has 0 bridgehead atoms. The summed E-state index contributed by atoms with van der Waals surface area (Å²) in [6.45, 7) is 2.82. The number of aromatic hydroxyl groups is 1. The van der Waals surface area contributed by atoms with Gasteiger partial charge in [0.1, 0.15) is 5.56 Å². The molecule has 0 fully saturated rings. The molecule has 5 nitrogen and oxygen atoms in total. The van der Waals surface area contributed by atoms with Crippen LogP contribution in [0.15, 0.2) is 12.1 Å². The highest BCUT2D eigenvalue weighted by Gasteiger charge is 2.24. The van der Waals surface area contributed by atoms with Gasteiger partial charge >= 0.3 is 5.69 Å². The number of rotatable bonds is 2. The number of hydrogen-bond donors (Lipinski definition) is 1. The van der Waals surface area contributed by atoms with E-state index < -0.39 is 22.1 Å². The molecule has 0 aliphatic carbocycles. The van der Waals surface area contributed by atoms with Gasteiger partial charge in [-0.1, -0.05) is 6.07 Å². The predicted molar refractivity (Wildman–Crippen MR) is 49.5 cm³/mol. The molecule has 0 heterocycles. The number of phenolic OH excluding ortho intramolecular Hbond substituents is 1. The third-order valence-corrected chi connectivity index (χ3v) is 1.90. The first-order valence-corrected chi connectivity index (χ1v) is 3.93. The quantitative estimate of drug-likeness (QED) is 0.443. The fourth-order valence-electron chi connectivity index (χ4n) is 1.31. The minimum atomic E-state index is -0.751. The van der Waals surface area contributed by atoms with Gasteiger partial charge in [0.2, 0.25) is 0 Å². The Kier molecular flexibility index (Phi) is 2.51. The summed E-state index contributed by atoms with van der Waals surface area (Å²) >= 11 is 0. The number of phenols is 1. The van der Waals surface area contributed by atoms with Crippen molar-refractivity contribution >= 4 is 11.5 Å². The molecule has 74 valence electrons. The monoisotopic (exact) mass is 195 g/mol. The molecule has 14 heavy (non-hydrogen) atoms. The maximum atomic E-state index is 11.1. The van der Waals surface area contributed by atoms with Crippen LogP contribution in [-0.4, -0.2) is 15.8 Å². The van der Waals surface area contributed by atoms with E-state index in [1.807, 2.05) is 0 Å². The maximum absolute atomic E-state index is 11.1. The van der Waals surface area contributed by atoms with E-state index in [0.717, 1.165) is 0 Å². The third kappa shape index (κ3) is 1.56. The normalized spacial score (nSPS) is 9.86. The van der Waals surface area contributed by atoms with Crippen LogP contribution in [0.4, 0.5) is 5.69 Å². The van der Waals surface area contributed by atoms with Crippen molar-refractivity contribution in [1.29, 1.82) is 0 Å². The standard InChI is InChI=1S/C9H9NO4/c1-5-3-4-7(12)9(10(13)14)8(5)6(2)11/h3-4,12H,1-2H3. The maximum Gasteiger partial charge on any atom is 0.321 e. The van der Waals surface area contributed by atoms with Gasteiger partial charge in [-0.15, -0.1) is 0 Å². The number of nitro groups is 1. The van der Waals surface area contributed by atoms with Crippen LogP contribution in [0, 0.1) is 17.0 Å². The Hall–Kier alpha value is -1.91. The van der Waals surface area contributed by atoms with E-state index in [9.17, 15) is 20.0 Å². The van der Waals surface area contributed by atoms with Crippen LogP contribution in [0.3, 0.4) is 0 Å². The number of benzene rings is 1. The molecular formula is C9H9NO4. The zero-order valence-corrected chi connectivity index (χ0v) is 7.77. The molecule has 1 rings (SSSR count). The van der Waals surface area contributed by atoms with Gasteiger partial charge in [-0.25, -0.2) is 0 Å². The summed E-state index contributed by atoms with van der Waals surface area (Å²) in [5.41, 5.74) is -0.0606. The van der Waals surface area contributed by atoms with Gasteiger partial charge in [0.05, 0.1) is 4.92 Å². The summed E-state index contributed by atoms with van der Waals surface area (Å²) in [4.78, 5) is 21.0. The molecule has 1 aromatic rings. The molecule has 0 saturated carbocycles. The van der Waals surface area contributed by atoms with Gasteiger partial charge in [0.25, 0.3) is 0 Å². The minimum absolute atomic E-state index is 0.0324. The Bertz CT molecular complexity index is 373. The molecule has 0 radical (unpaired) electrons. The van der Waals surface area contributed by atoms with Crippen LogP contribution < -0.4 is 0 Å². The van der Waals surface area contributed by atoms with Crippen molar-refractivity contribution in [2.45, 2.75) is 13.8 Å². The van der Waals surface area contributed by atoms with Gasteiger partial charge in [-0.3, -0.25) is 14.9 Å². The third-order valence-electron chi connectivity index (χ3n) is 1.90. The van der Waals surface area contributed by atoms with Crippen LogP contribution in [0.25, 0.3) is 0 Å². The number of carbonyl (C=O) groups excluding carboxylic acids is 1. The SMILES string of the molecule is CC(=O)c1c(C)ccc(O)c1[N+](=O)[O-]. The molecular weight excluding hydrogens is 186 g/mol. The van der Waals surface area contributed by atoms with Crippen molar-refractivity contribution in [3.63, 3.8) is 0 Å². The number of aryl methyl sites for hydroxylation is 1. The van der Waals surface area contributed by atoms with E-state index in [0.29, 0.717) is 5.56 Å². The van der Waals surface area contributed by atoms with E-state index >= 15 is 0 Å². The average Bonchev–Trinajstić information content (AvgIpc) is 2.07. The van der Waals surface area contributed by atoms with Crippen molar-refractivity contribution in [1.82, 2.24) is 0 Å². The Morgan fingerprint density at radius 2 is 2.07 bits per heavy atom. The highest BCUT2D eigenvalue weighted by molar-refractivity contribution is 6.00. The number of nitro benzene ring substituents is 1. The van der Waals surface area contributed by atoms with E-state index in [1.165, 1.54) is 19.1 Å². The zero-order valence-electron chi connectivity index (χ0n) is 7.77. The average molecular weight is 195 g/mol. The summed E-state index contributed by atoms with van der Waals surface area (Å²) in [6, 6.07) is 2.68. The Balaban J connectivity index is 3.58. The molecule has 0 amide bonds. The van der Waals surface area contributed by atoms with Crippen molar-refractivity contribution in [2.24, 2.45) is 0 Å². The number of hydrogen-bond acceptors (Lipinski definition) is 4. The Labute approximate surface area is 80.1 Å². The lowest BCUT2D eigenvalue weighted by Crippen LogP contribution is -2.03. The first-order valence-electron chi connectivity index (χ1n) is 3.93. The number of nitrogens with zero attached hydrogens (tertiary/aromatic N) is 1. The second kappa shape index (κ2) is 3.45. The minimum Gasteiger partial charge on any atom is -0.502 e. The lowest BCUT2D eigenvalue weighted by Gasteiger charge is -2.04. The summed E-state index contributed by atoms with van der Waals surface area (Å²) in [5, 5.41) is 19.8. The number of carbonyl (C=O) groups is 1. The summed E-state index contributed by atoms with van der Waals surface area (Å²) in [5.74, 6) is -0.907. The summed E-state index contributed by atoms with van der Waals surface area (Å²) in [7, 11) is 0. The zero-order chi connectivity index (χ0) is 10.9. The van der Waals surface area contributed by atoms with Crippen LogP contribution >= 0.6 is 0 Å². The summed E-state index contributed by atoms with van der Waals surface area (Å²) in [6.07, 6.45) is 0. The smallest absolute Gasteiger partial charge is 0.321 e. The second-order valence-electron chi connectivity index (χ2n) is 2.94. The van der Waals surface area contributed by atoms with E-state index in [2.05, 4.69) is 0 Å². The molecule has 0 atom stereocenters. The van der Waals surface area contributed by atoms with E-state index in [4.69, 9.17) is 0 Å². The number of Topliss-reactive ketones (excluding diaryl/α,β-unsaturated/α-hetero) is 1. The van der Waals surface area contributed by atoms with Gasteiger partial charge in [-0.05, 0) is 25.5 Å². The molecule has 5 heteroatoms. The van der Waals surface area contributed by atoms with Gasteiger partial charge < -0.3 is 5.11 Å². The highest BCUT2D eigenvalue weighted by Crippen LogP contribution is 2.32.